The summed E-state index contributed by atoms with van der Waals surface area (Å²) in [5.74, 6) is 0.374. The third-order valence-electron chi connectivity index (χ3n) is 10.9. The van der Waals surface area contributed by atoms with E-state index in [-0.39, 0.29) is 28.9 Å². The van der Waals surface area contributed by atoms with E-state index in [9.17, 15) is 0 Å². The maximum atomic E-state index is 16.3. The summed E-state index contributed by atoms with van der Waals surface area (Å²) in [4.78, 5) is 13.9. The highest BCUT2D eigenvalue weighted by Crippen LogP contribution is 2.57. The molecule has 228 valence electrons. The van der Waals surface area contributed by atoms with E-state index in [0.717, 1.165) is 88.5 Å². The topological polar surface area (TPSA) is 98.0 Å². The van der Waals surface area contributed by atoms with Crippen molar-refractivity contribution in [1.82, 2.24) is 25.3 Å². The molecular weight excluding hydrogens is 539 g/mol. The predicted octanol–water partition coefficient (Wildman–Crippen LogP) is 3.97. The molecule has 2 aromatic rings. The number of halogens is 1. The molecule has 3 saturated heterocycles. The minimum atomic E-state index is -0.664. The number of nitrogens with zero attached hydrogens (tertiary/aromatic N) is 5. The molecule has 3 aliphatic carbocycles. The predicted molar refractivity (Wildman–Crippen MR) is 153 cm³/mol. The second-order valence-electron chi connectivity index (χ2n) is 13.7. The fraction of sp³-hybridized carbons (Fsp3) is 0.774. The Hall–Kier alpha value is -2.34. The van der Waals surface area contributed by atoms with Gasteiger partial charge in [0.15, 0.2) is 28.9 Å². The fourth-order valence-electron chi connectivity index (χ4n) is 8.65. The lowest BCUT2D eigenvalue weighted by molar-refractivity contribution is -0.235. The van der Waals surface area contributed by atoms with Crippen LogP contribution in [0.2, 0.25) is 0 Å². The van der Waals surface area contributed by atoms with Crippen molar-refractivity contribution in [1.29, 1.82) is 0 Å². The summed E-state index contributed by atoms with van der Waals surface area (Å²) in [5.41, 5.74) is 1.27. The van der Waals surface area contributed by atoms with Gasteiger partial charge >= 0.3 is 0 Å². The van der Waals surface area contributed by atoms with Crippen LogP contribution in [-0.2, 0) is 21.3 Å². The van der Waals surface area contributed by atoms with E-state index in [1.54, 1.807) is 0 Å². The van der Waals surface area contributed by atoms with Crippen molar-refractivity contribution in [2.24, 2.45) is 0 Å². The lowest BCUT2D eigenvalue weighted by Gasteiger charge is -2.50. The molecule has 0 unspecified atom stereocenters. The lowest BCUT2D eigenvalue weighted by atomic mass is 9.61. The molecule has 1 N–H and O–H groups in total. The minimum absolute atomic E-state index is 0.00482. The monoisotopic (exact) mass is 582 g/mol. The van der Waals surface area contributed by atoms with Gasteiger partial charge in [0.05, 0.1) is 18.6 Å². The van der Waals surface area contributed by atoms with Crippen LogP contribution in [0.25, 0.3) is 11.5 Å². The number of fused-ring (bicyclic) bond motifs is 3. The van der Waals surface area contributed by atoms with Gasteiger partial charge in [-0.1, -0.05) is 11.6 Å². The van der Waals surface area contributed by atoms with Crippen molar-refractivity contribution >= 4 is 5.82 Å². The number of rotatable bonds is 5. The molecule has 8 rings (SSSR count). The third-order valence-corrected chi connectivity index (χ3v) is 10.9. The lowest BCUT2D eigenvalue weighted by Crippen LogP contribution is -2.57. The molecule has 42 heavy (non-hydrogen) atoms. The molecule has 5 fully saturated rings. The van der Waals surface area contributed by atoms with Gasteiger partial charge in [0.2, 0.25) is 5.82 Å². The van der Waals surface area contributed by atoms with Crippen molar-refractivity contribution in [2.75, 3.05) is 51.4 Å². The van der Waals surface area contributed by atoms with E-state index in [1.165, 1.54) is 0 Å². The number of anilines is 1. The van der Waals surface area contributed by atoms with E-state index in [4.69, 9.17) is 28.7 Å². The van der Waals surface area contributed by atoms with Gasteiger partial charge in [0.1, 0.15) is 6.61 Å². The van der Waals surface area contributed by atoms with Crippen LogP contribution in [0, 0.1) is 5.82 Å². The van der Waals surface area contributed by atoms with Crippen molar-refractivity contribution in [3.8, 4) is 17.4 Å². The van der Waals surface area contributed by atoms with Crippen LogP contribution < -0.4 is 15.0 Å². The average molecular weight is 583 g/mol. The summed E-state index contributed by atoms with van der Waals surface area (Å²) in [6.45, 7) is 6.15. The quantitative estimate of drug-likeness (QED) is 0.558. The molecule has 2 aromatic heterocycles. The summed E-state index contributed by atoms with van der Waals surface area (Å²) >= 11 is 0. The standard InChI is InChI=1S/C31H43FN6O4/c1-20-17-38(19-29(35-20)12-13-29)27-23(32)28(39-18-21-7-6-14-37(21)2)34-26(33-27)24-22-8-5-10-30(25(22)42-36-24)9-3-4-11-31(30)40-15-16-41-31/h20-21,35H,3-19H2,1-2H3/t20-,21-,30-/m0/s1. The third kappa shape index (κ3) is 4.29. The molecular formula is C31H43FN6O4. The highest BCUT2D eigenvalue weighted by atomic mass is 19.1. The smallest absolute Gasteiger partial charge is 0.256 e. The molecule has 3 spiro atoms. The summed E-state index contributed by atoms with van der Waals surface area (Å²) in [6.07, 6.45) is 11.0. The van der Waals surface area contributed by atoms with Crippen molar-refractivity contribution in [3.05, 3.63) is 17.1 Å². The number of piperazine rings is 1. The Bertz CT molecular complexity index is 1340. The van der Waals surface area contributed by atoms with Crippen LogP contribution >= 0.6 is 0 Å². The first kappa shape index (κ1) is 27.2. The largest absolute Gasteiger partial charge is 0.474 e. The first-order valence-electron chi connectivity index (χ1n) is 16.1. The maximum absolute atomic E-state index is 16.3. The van der Waals surface area contributed by atoms with Crippen molar-refractivity contribution in [3.63, 3.8) is 0 Å². The SMILES string of the molecule is C[C@H]1CN(c2nc(-c3noc4c3CCC[C@@]43CCCCC34OCCO4)nc(OC[C@@H]3CCCN3C)c2F)CC2(CC2)N1. The fourth-order valence-corrected chi connectivity index (χ4v) is 8.65. The summed E-state index contributed by atoms with van der Waals surface area (Å²) in [5, 5.41) is 8.32. The van der Waals surface area contributed by atoms with E-state index in [2.05, 4.69) is 34.2 Å². The van der Waals surface area contributed by atoms with Gasteiger partial charge in [0, 0.05) is 42.7 Å². The molecule has 0 amide bonds. The van der Waals surface area contributed by atoms with Gasteiger partial charge in [-0.05, 0) is 78.3 Å². The number of likely N-dealkylation sites (tertiary alicyclic amines) is 1. The maximum Gasteiger partial charge on any atom is 0.256 e. The van der Waals surface area contributed by atoms with Crippen LogP contribution in [-0.4, -0.2) is 89.9 Å². The van der Waals surface area contributed by atoms with Crippen molar-refractivity contribution in [2.45, 2.75) is 106 Å². The average Bonchev–Trinajstić information content (AvgIpc) is 3.35. The number of ether oxygens (including phenoxy) is 3. The molecule has 3 atom stereocenters. The normalized spacial score (nSPS) is 31.7. The Morgan fingerprint density at radius 3 is 2.64 bits per heavy atom. The molecule has 2 saturated carbocycles. The van der Waals surface area contributed by atoms with Gasteiger partial charge in [-0.15, -0.1) is 0 Å². The van der Waals surface area contributed by atoms with E-state index in [0.29, 0.717) is 50.2 Å². The molecule has 11 heteroatoms. The molecule has 6 aliphatic rings. The Labute approximate surface area is 246 Å². The molecule has 5 heterocycles. The van der Waals surface area contributed by atoms with Crippen LogP contribution in [0.3, 0.4) is 0 Å². The number of likely N-dealkylation sites (N-methyl/N-ethyl adjacent to an activating group) is 1. The molecule has 10 nitrogen and oxygen atoms in total. The minimum Gasteiger partial charge on any atom is -0.474 e. The van der Waals surface area contributed by atoms with Gasteiger partial charge in [-0.25, -0.2) is 4.98 Å². The zero-order chi connectivity index (χ0) is 28.5. The van der Waals surface area contributed by atoms with Gasteiger partial charge < -0.3 is 33.9 Å². The Morgan fingerprint density at radius 2 is 1.86 bits per heavy atom. The van der Waals surface area contributed by atoms with Gasteiger partial charge in [0.25, 0.3) is 5.88 Å². The number of aromatic nitrogens is 3. The second-order valence-corrected chi connectivity index (χ2v) is 13.7. The summed E-state index contributed by atoms with van der Waals surface area (Å²) in [6, 6.07) is 0.470. The number of nitrogens with one attached hydrogen (secondary N) is 1. The highest BCUT2D eigenvalue weighted by Gasteiger charge is 2.61. The van der Waals surface area contributed by atoms with Crippen LogP contribution in [0.5, 0.6) is 5.88 Å². The van der Waals surface area contributed by atoms with Crippen LogP contribution in [0.4, 0.5) is 10.2 Å². The molecule has 0 bridgehead atoms. The van der Waals surface area contributed by atoms with Gasteiger partial charge in [-0.3, -0.25) is 0 Å². The summed E-state index contributed by atoms with van der Waals surface area (Å²) in [7, 11) is 2.10. The summed E-state index contributed by atoms with van der Waals surface area (Å²) < 4.78 is 41.4. The van der Waals surface area contributed by atoms with E-state index in [1.807, 2.05) is 0 Å². The van der Waals surface area contributed by atoms with Gasteiger partial charge in [-0.2, -0.15) is 9.37 Å². The zero-order valence-corrected chi connectivity index (χ0v) is 24.9. The highest BCUT2D eigenvalue weighted by molar-refractivity contribution is 5.62. The Balaban J connectivity index is 1.20. The number of hydrogen-bond donors (Lipinski definition) is 1. The van der Waals surface area contributed by atoms with Crippen molar-refractivity contribution < 1.29 is 23.1 Å². The van der Waals surface area contributed by atoms with Crippen LogP contribution in [0.15, 0.2) is 4.52 Å². The van der Waals surface area contributed by atoms with E-state index < -0.39 is 11.6 Å². The molecule has 0 aromatic carbocycles. The first-order chi connectivity index (χ1) is 20.4. The van der Waals surface area contributed by atoms with Crippen LogP contribution in [0.1, 0.15) is 82.5 Å². The first-order valence-corrected chi connectivity index (χ1v) is 16.1. The van der Waals surface area contributed by atoms with E-state index >= 15 is 4.39 Å². The zero-order valence-electron chi connectivity index (χ0n) is 24.9. The number of hydrogen-bond acceptors (Lipinski definition) is 10. The Morgan fingerprint density at radius 1 is 1.05 bits per heavy atom. The Kier molecular flexibility index (Phi) is 6.55. The molecule has 3 aliphatic heterocycles. The molecule has 0 radical (unpaired) electrons. The second kappa shape index (κ2) is 10.1.